The van der Waals surface area contributed by atoms with Crippen LogP contribution in [0.2, 0.25) is 0 Å². The summed E-state index contributed by atoms with van der Waals surface area (Å²) in [4.78, 5) is 0. The van der Waals surface area contributed by atoms with Gasteiger partial charge in [-0.05, 0) is 103 Å². The average Bonchev–Trinajstić information content (AvgIpc) is 3.02. The van der Waals surface area contributed by atoms with Crippen LogP contribution in [-0.4, -0.2) is 25.7 Å². The lowest BCUT2D eigenvalue weighted by Gasteiger charge is -2.41. The molecule has 0 radical (unpaired) electrons. The van der Waals surface area contributed by atoms with Crippen molar-refractivity contribution in [3.05, 3.63) is 131 Å². The smallest absolute Gasteiger partial charge is 0.123 e. The number of nitrogens with one attached hydrogen (secondary N) is 2. The van der Waals surface area contributed by atoms with Gasteiger partial charge in [-0.2, -0.15) is 0 Å². The molecular weight excluding hydrogens is 511 g/mol. The van der Waals surface area contributed by atoms with Crippen LogP contribution in [-0.2, 0) is 25.0 Å². The number of hydrogen-bond donors (Lipinski definition) is 2. The summed E-state index contributed by atoms with van der Waals surface area (Å²) in [5, 5.41) is 7.39. The molecule has 5 heteroatoms. The Morgan fingerprint density at radius 2 is 1.63 bits per heavy atom. The van der Waals surface area contributed by atoms with Gasteiger partial charge in [0, 0.05) is 12.6 Å². The van der Waals surface area contributed by atoms with Gasteiger partial charge in [0.15, 0.2) is 0 Å². The van der Waals surface area contributed by atoms with Crippen molar-refractivity contribution in [2.75, 3.05) is 19.7 Å². The van der Waals surface area contributed by atoms with Crippen LogP contribution < -0.4 is 20.1 Å². The highest BCUT2D eigenvalue weighted by Gasteiger charge is 2.38. The molecule has 2 heterocycles. The predicted molar refractivity (Wildman–Crippen MR) is 162 cm³/mol. The normalized spacial score (nSPS) is 20.3. The molecule has 212 valence electrons. The lowest BCUT2D eigenvalue weighted by Crippen LogP contribution is -2.50. The van der Waals surface area contributed by atoms with Crippen LogP contribution in [0.3, 0.4) is 0 Å². The monoisotopic (exact) mass is 550 g/mol. The van der Waals surface area contributed by atoms with E-state index in [0.29, 0.717) is 25.7 Å². The minimum absolute atomic E-state index is 0.227. The zero-order valence-corrected chi connectivity index (χ0v) is 23.6. The number of ether oxygens (including phenoxy) is 2. The van der Waals surface area contributed by atoms with Crippen molar-refractivity contribution in [2.24, 2.45) is 0 Å². The highest BCUT2D eigenvalue weighted by Crippen LogP contribution is 2.40. The van der Waals surface area contributed by atoms with Crippen molar-refractivity contribution < 1.29 is 13.9 Å². The van der Waals surface area contributed by atoms with Gasteiger partial charge in [-0.1, -0.05) is 67.1 Å². The third-order valence-corrected chi connectivity index (χ3v) is 8.46. The van der Waals surface area contributed by atoms with Crippen LogP contribution in [0.4, 0.5) is 4.39 Å². The number of hydrogen-bond acceptors (Lipinski definition) is 4. The minimum atomic E-state index is -0.553. The molecule has 4 aromatic rings. The molecule has 2 atom stereocenters. The fourth-order valence-electron chi connectivity index (χ4n) is 6.30. The van der Waals surface area contributed by atoms with Gasteiger partial charge in [-0.3, -0.25) is 0 Å². The molecule has 0 aliphatic carbocycles. The molecule has 4 nitrogen and oxygen atoms in total. The van der Waals surface area contributed by atoms with Gasteiger partial charge >= 0.3 is 0 Å². The topological polar surface area (TPSA) is 42.5 Å². The number of fused-ring (bicyclic) bond motifs is 1. The van der Waals surface area contributed by atoms with E-state index in [0.717, 1.165) is 48.6 Å². The Balaban J connectivity index is 1.22. The molecule has 4 aromatic carbocycles. The Morgan fingerprint density at radius 1 is 0.780 bits per heavy atom. The van der Waals surface area contributed by atoms with Gasteiger partial charge in [-0.15, -0.1) is 0 Å². The third-order valence-electron chi connectivity index (χ3n) is 8.46. The number of rotatable bonds is 10. The standard InChI is InChI=1S/C36H39FN2O2/c37-31-10-6-9-30(24-31)36(25-27-12-14-33(15-13-27)40-22-19-32-11-4-5-20-38-32)35-17-16-34(23-29(35)18-21-39-36)41-26-28-7-2-1-3-8-28/h1-3,6-10,12-17,23-24,32,38-39H,4-5,11,18-22,25-26H2. The van der Waals surface area contributed by atoms with E-state index in [1.54, 1.807) is 12.1 Å². The van der Waals surface area contributed by atoms with Crippen molar-refractivity contribution in [3.63, 3.8) is 0 Å². The molecule has 1 saturated heterocycles. The van der Waals surface area contributed by atoms with Gasteiger partial charge in [-0.25, -0.2) is 4.39 Å². The van der Waals surface area contributed by atoms with Crippen LogP contribution >= 0.6 is 0 Å². The predicted octanol–water partition coefficient (Wildman–Crippen LogP) is 6.95. The summed E-state index contributed by atoms with van der Waals surface area (Å²) in [6, 6.07) is 32.5. The van der Waals surface area contributed by atoms with E-state index in [2.05, 4.69) is 59.2 Å². The Morgan fingerprint density at radius 3 is 2.44 bits per heavy atom. The van der Waals surface area contributed by atoms with E-state index >= 15 is 0 Å². The van der Waals surface area contributed by atoms with Crippen molar-refractivity contribution in [3.8, 4) is 11.5 Å². The van der Waals surface area contributed by atoms with Crippen LogP contribution in [0.5, 0.6) is 11.5 Å². The molecule has 2 N–H and O–H groups in total. The largest absolute Gasteiger partial charge is 0.494 e. The van der Waals surface area contributed by atoms with E-state index in [4.69, 9.17) is 9.47 Å². The van der Waals surface area contributed by atoms with E-state index in [1.165, 1.54) is 42.0 Å². The molecule has 0 aromatic heterocycles. The summed E-state index contributed by atoms with van der Waals surface area (Å²) >= 11 is 0. The van der Waals surface area contributed by atoms with Crippen LogP contribution in [0, 0.1) is 5.82 Å². The molecule has 2 unspecified atom stereocenters. The summed E-state index contributed by atoms with van der Waals surface area (Å²) < 4.78 is 26.8. The zero-order chi connectivity index (χ0) is 27.9. The fraction of sp³-hybridized carbons (Fsp3) is 0.333. The van der Waals surface area contributed by atoms with Crippen molar-refractivity contribution in [1.29, 1.82) is 0 Å². The molecule has 0 amide bonds. The summed E-state index contributed by atoms with van der Waals surface area (Å²) in [7, 11) is 0. The second-order valence-corrected chi connectivity index (χ2v) is 11.3. The summed E-state index contributed by atoms with van der Waals surface area (Å²) in [5.74, 6) is 1.52. The fourth-order valence-corrected chi connectivity index (χ4v) is 6.30. The van der Waals surface area contributed by atoms with Crippen molar-refractivity contribution >= 4 is 0 Å². The maximum atomic E-state index is 14.6. The molecule has 2 aliphatic heterocycles. The minimum Gasteiger partial charge on any atom is -0.494 e. The Bertz CT molecular complexity index is 1420. The number of piperidine rings is 1. The second kappa shape index (κ2) is 12.9. The molecule has 0 spiro atoms. The van der Waals surface area contributed by atoms with Gasteiger partial charge < -0.3 is 20.1 Å². The van der Waals surface area contributed by atoms with E-state index in [-0.39, 0.29) is 5.82 Å². The number of halogens is 1. The van der Waals surface area contributed by atoms with Gasteiger partial charge in [0.1, 0.15) is 23.9 Å². The van der Waals surface area contributed by atoms with Crippen molar-refractivity contribution in [1.82, 2.24) is 10.6 Å². The maximum Gasteiger partial charge on any atom is 0.123 e. The Hall–Kier alpha value is -3.67. The average molecular weight is 551 g/mol. The van der Waals surface area contributed by atoms with Crippen LogP contribution in [0.15, 0.2) is 97.1 Å². The van der Waals surface area contributed by atoms with E-state index in [9.17, 15) is 4.39 Å². The molecule has 1 fully saturated rings. The van der Waals surface area contributed by atoms with Gasteiger partial charge in [0.25, 0.3) is 0 Å². The zero-order valence-electron chi connectivity index (χ0n) is 23.6. The Kier molecular flexibility index (Phi) is 8.64. The van der Waals surface area contributed by atoms with E-state index in [1.807, 2.05) is 30.3 Å². The first kappa shape index (κ1) is 27.5. The lowest BCUT2D eigenvalue weighted by molar-refractivity contribution is 0.268. The molecule has 2 aliphatic rings. The molecular formula is C36H39FN2O2. The maximum absolute atomic E-state index is 14.6. The van der Waals surface area contributed by atoms with Crippen molar-refractivity contribution in [2.45, 2.75) is 56.7 Å². The summed E-state index contributed by atoms with van der Waals surface area (Å²) in [6.45, 7) is 3.15. The Labute approximate surface area is 242 Å². The molecule has 41 heavy (non-hydrogen) atoms. The molecule has 6 rings (SSSR count). The lowest BCUT2D eigenvalue weighted by atomic mass is 9.73. The third kappa shape index (κ3) is 6.64. The molecule has 0 bridgehead atoms. The summed E-state index contributed by atoms with van der Waals surface area (Å²) in [6.07, 6.45) is 6.43. The number of benzene rings is 4. The summed E-state index contributed by atoms with van der Waals surface area (Å²) in [5.41, 5.74) is 5.08. The van der Waals surface area contributed by atoms with Crippen LogP contribution in [0.25, 0.3) is 0 Å². The first-order chi connectivity index (χ1) is 20.2. The highest BCUT2D eigenvalue weighted by atomic mass is 19.1. The van der Waals surface area contributed by atoms with E-state index < -0.39 is 5.54 Å². The first-order valence-corrected chi connectivity index (χ1v) is 14.9. The molecule has 0 saturated carbocycles. The van der Waals surface area contributed by atoms with Gasteiger partial charge in [0.05, 0.1) is 12.1 Å². The van der Waals surface area contributed by atoms with Gasteiger partial charge in [0.2, 0.25) is 0 Å². The van der Waals surface area contributed by atoms with Crippen LogP contribution in [0.1, 0.15) is 53.5 Å². The quantitative estimate of drug-likeness (QED) is 0.224. The SMILES string of the molecule is Fc1cccc(C2(Cc3ccc(OCCC4CCCCN4)cc3)NCCc3cc(OCc4ccccc4)ccc32)c1. The first-order valence-electron chi connectivity index (χ1n) is 14.9. The second-order valence-electron chi connectivity index (χ2n) is 11.3. The highest BCUT2D eigenvalue weighted by molar-refractivity contribution is 5.49.